The largest absolute Gasteiger partial charge is 0.478 e. The van der Waals surface area contributed by atoms with E-state index in [1.165, 1.54) is 12.1 Å². The van der Waals surface area contributed by atoms with Crippen LogP contribution in [0, 0.1) is 3.57 Å². The van der Waals surface area contributed by atoms with Crippen LogP contribution in [0.5, 0.6) is 0 Å². The summed E-state index contributed by atoms with van der Waals surface area (Å²) in [7, 11) is 0. The summed E-state index contributed by atoms with van der Waals surface area (Å²) in [4.78, 5) is 35.6. The number of amides is 2. The van der Waals surface area contributed by atoms with E-state index in [1.54, 1.807) is 6.07 Å². The van der Waals surface area contributed by atoms with Crippen LogP contribution in [0.3, 0.4) is 0 Å². The Bertz CT molecular complexity index is 1230. The van der Waals surface area contributed by atoms with E-state index in [9.17, 15) is 19.5 Å². The van der Waals surface area contributed by atoms with Crippen molar-refractivity contribution in [2.45, 2.75) is 18.4 Å². The standard InChI is InChI=1S/C26H23IN2O6/c27-22-10-9-15(25(32)33)11-23(22)29-24(31)12-16(30)13-28-26(34)35-14-21-19-7-3-1-5-17(19)18-6-2-4-8-20(18)21/h1-11,16,21,30H,12-14H2,(H,28,34)(H,29,31)(H,32,33). The van der Waals surface area contributed by atoms with Gasteiger partial charge in [0.1, 0.15) is 6.61 Å². The number of aromatic carboxylic acids is 1. The third kappa shape index (κ3) is 5.80. The second-order valence-electron chi connectivity index (χ2n) is 8.11. The summed E-state index contributed by atoms with van der Waals surface area (Å²) in [6, 6.07) is 20.4. The van der Waals surface area contributed by atoms with Gasteiger partial charge in [0.05, 0.1) is 23.8 Å². The monoisotopic (exact) mass is 586 g/mol. The van der Waals surface area contributed by atoms with Crippen LogP contribution in [0.15, 0.2) is 66.7 Å². The van der Waals surface area contributed by atoms with Crippen molar-refractivity contribution in [1.29, 1.82) is 0 Å². The number of hydrogen-bond acceptors (Lipinski definition) is 5. The zero-order chi connectivity index (χ0) is 24.9. The van der Waals surface area contributed by atoms with Crippen molar-refractivity contribution in [2.24, 2.45) is 0 Å². The van der Waals surface area contributed by atoms with Gasteiger partial charge in [-0.3, -0.25) is 4.79 Å². The van der Waals surface area contributed by atoms with Gasteiger partial charge >= 0.3 is 12.1 Å². The van der Waals surface area contributed by atoms with Gasteiger partial charge in [-0.2, -0.15) is 0 Å². The first-order valence-electron chi connectivity index (χ1n) is 10.9. The SMILES string of the molecule is O=C(CC(O)CNC(=O)OCC1c2ccccc2-c2ccccc21)Nc1cc(C(=O)O)ccc1I. The number of halogens is 1. The van der Waals surface area contributed by atoms with Gasteiger partial charge in [-0.15, -0.1) is 0 Å². The molecule has 0 radical (unpaired) electrons. The molecular weight excluding hydrogens is 563 g/mol. The lowest BCUT2D eigenvalue weighted by Crippen LogP contribution is -2.35. The Balaban J connectivity index is 1.26. The van der Waals surface area contributed by atoms with Gasteiger partial charge in [0.15, 0.2) is 0 Å². The zero-order valence-electron chi connectivity index (χ0n) is 18.5. The molecule has 1 aliphatic carbocycles. The van der Waals surface area contributed by atoms with E-state index in [4.69, 9.17) is 9.84 Å². The predicted octanol–water partition coefficient (Wildman–Crippen LogP) is 4.22. The van der Waals surface area contributed by atoms with E-state index in [-0.39, 0.29) is 31.1 Å². The Labute approximate surface area is 215 Å². The summed E-state index contributed by atoms with van der Waals surface area (Å²) in [5, 5.41) is 24.4. The highest BCUT2D eigenvalue weighted by atomic mass is 127. The average molecular weight is 586 g/mol. The number of alkyl carbamates (subject to hydrolysis) is 1. The van der Waals surface area contributed by atoms with Crippen LogP contribution in [0.2, 0.25) is 0 Å². The molecule has 180 valence electrons. The highest BCUT2D eigenvalue weighted by Gasteiger charge is 2.29. The fourth-order valence-electron chi connectivity index (χ4n) is 4.09. The van der Waals surface area contributed by atoms with E-state index in [1.807, 2.05) is 59.0 Å². The summed E-state index contributed by atoms with van der Waals surface area (Å²) in [6.07, 6.45) is -2.11. The molecule has 2 amide bonds. The third-order valence-corrected chi connectivity index (χ3v) is 6.67. The Morgan fingerprint density at radius 1 is 0.971 bits per heavy atom. The molecule has 1 unspecified atom stereocenters. The maximum absolute atomic E-state index is 12.3. The molecule has 9 heteroatoms. The Morgan fingerprint density at radius 3 is 2.23 bits per heavy atom. The Kier molecular flexibility index (Phi) is 7.67. The number of fused-ring (bicyclic) bond motifs is 3. The van der Waals surface area contributed by atoms with Gasteiger partial charge < -0.3 is 25.6 Å². The van der Waals surface area contributed by atoms with Crippen molar-refractivity contribution in [2.75, 3.05) is 18.5 Å². The molecule has 0 fully saturated rings. The number of aliphatic hydroxyl groups excluding tert-OH is 1. The zero-order valence-corrected chi connectivity index (χ0v) is 20.7. The van der Waals surface area contributed by atoms with Gasteiger partial charge in [-0.25, -0.2) is 9.59 Å². The summed E-state index contributed by atoms with van der Waals surface area (Å²) < 4.78 is 6.08. The number of anilines is 1. The number of ether oxygens (including phenoxy) is 1. The fourth-order valence-corrected chi connectivity index (χ4v) is 4.56. The molecule has 0 aliphatic heterocycles. The lowest BCUT2D eigenvalue weighted by atomic mass is 9.98. The van der Waals surface area contributed by atoms with E-state index >= 15 is 0 Å². The summed E-state index contributed by atoms with van der Waals surface area (Å²) in [5.41, 5.74) is 4.83. The van der Waals surface area contributed by atoms with Crippen molar-refractivity contribution in [3.05, 3.63) is 87.0 Å². The lowest BCUT2D eigenvalue weighted by Gasteiger charge is -2.16. The van der Waals surface area contributed by atoms with Crippen LogP contribution >= 0.6 is 22.6 Å². The van der Waals surface area contributed by atoms with Crippen molar-refractivity contribution >= 4 is 46.2 Å². The first-order valence-corrected chi connectivity index (χ1v) is 12.0. The summed E-state index contributed by atoms with van der Waals surface area (Å²) in [5.74, 6) is -1.69. The van der Waals surface area contributed by atoms with Gasteiger partial charge in [-0.1, -0.05) is 48.5 Å². The molecule has 4 rings (SSSR count). The van der Waals surface area contributed by atoms with Crippen molar-refractivity contribution in [3.8, 4) is 11.1 Å². The van der Waals surface area contributed by atoms with Crippen molar-refractivity contribution in [1.82, 2.24) is 5.32 Å². The molecule has 35 heavy (non-hydrogen) atoms. The summed E-state index contributed by atoms with van der Waals surface area (Å²) in [6.45, 7) is -0.0227. The molecule has 4 N–H and O–H groups in total. The van der Waals surface area contributed by atoms with Crippen molar-refractivity contribution < 1.29 is 29.3 Å². The number of aliphatic hydroxyl groups is 1. The fraction of sp³-hybridized carbons (Fsp3) is 0.192. The van der Waals surface area contributed by atoms with Crippen LogP contribution in [0.1, 0.15) is 33.8 Å². The van der Waals surface area contributed by atoms with Crippen molar-refractivity contribution in [3.63, 3.8) is 0 Å². The smallest absolute Gasteiger partial charge is 0.407 e. The quantitative estimate of drug-likeness (QED) is 0.293. The number of carbonyl (C=O) groups excluding carboxylic acids is 2. The normalized spacial score (nSPS) is 12.9. The minimum Gasteiger partial charge on any atom is -0.478 e. The number of carboxylic acids is 1. The Hall–Kier alpha value is -3.44. The number of carboxylic acid groups (broad SMARTS) is 1. The average Bonchev–Trinajstić information content (AvgIpc) is 3.16. The van der Waals surface area contributed by atoms with Gasteiger partial charge in [-0.05, 0) is 63.0 Å². The van der Waals surface area contributed by atoms with Crippen LogP contribution in [-0.4, -0.2) is 47.4 Å². The summed E-state index contributed by atoms with van der Waals surface area (Å²) >= 11 is 1.97. The molecule has 0 bridgehead atoms. The molecule has 0 aromatic heterocycles. The number of hydrogen-bond donors (Lipinski definition) is 4. The molecule has 0 saturated heterocycles. The predicted molar refractivity (Wildman–Crippen MR) is 138 cm³/mol. The number of nitrogens with one attached hydrogen (secondary N) is 2. The molecular formula is C26H23IN2O6. The molecule has 0 heterocycles. The van der Waals surface area contributed by atoms with Crippen LogP contribution in [0.4, 0.5) is 10.5 Å². The molecule has 8 nitrogen and oxygen atoms in total. The highest BCUT2D eigenvalue weighted by molar-refractivity contribution is 14.1. The first-order chi connectivity index (χ1) is 16.8. The van der Waals surface area contributed by atoms with E-state index in [0.717, 1.165) is 22.3 Å². The van der Waals surface area contributed by atoms with Gasteiger partial charge in [0.25, 0.3) is 0 Å². The minimum atomic E-state index is -1.14. The van der Waals surface area contributed by atoms with E-state index < -0.39 is 24.1 Å². The topological polar surface area (TPSA) is 125 Å². The second-order valence-corrected chi connectivity index (χ2v) is 9.27. The maximum Gasteiger partial charge on any atom is 0.407 e. The van der Waals surface area contributed by atoms with Crippen LogP contribution in [0.25, 0.3) is 11.1 Å². The molecule has 3 aromatic carbocycles. The van der Waals surface area contributed by atoms with Crippen LogP contribution in [-0.2, 0) is 9.53 Å². The number of rotatable bonds is 8. The molecule has 0 saturated carbocycles. The third-order valence-electron chi connectivity index (χ3n) is 5.73. The first kappa shape index (κ1) is 24.7. The van der Waals surface area contributed by atoms with E-state index in [0.29, 0.717) is 9.26 Å². The molecule has 1 aliphatic rings. The van der Waals surface area contributed by atoms with Gasteiger partial charge in [0.2, 0.25) is 5.91 Å². The number of carbonyl (C=O) groups is 3. The molecule has 1 atom stereocenters. The van der Waals surface area contributed by atoms with Gasteiger partial charge in [0, 0.05) is 16.0 Å². The lowest BCUT2D eigenvalue weighted by molar-refractivity contribution is -0.118. The highest BCUT2D eigenvalue weighted by Crippen LogP contribution is 2.44. The minimum absolute atomic E-state index is 0.0400. The second kappa shape index (κ2) is 10.9. The van der Waals surface area contributed by atoms with E-state index in [2.05, 4.69) is 22.8 Å². The molecule has 0 spiro atoms. The Morgan fingerprint density at radius 2 is 1.60 bits per heavy atom. The maximum atomic E-state index is 12.3. The molecule has 3 aromatic rings. The number of benzene rings is 3. The van der Waals surface area contributed by atoms with Crippen LogP contribution < -0.4 is 10.6 Å².